The fourth-order valence-electron chi connectivity index (χ4n) is 2.40. The lowest BCUT2D eigenvalue weighted by Gasteiger charge is -2.29. The number of allylic oxidation sites excluding steroid dienone is 2. The van der Waals surface area contributed by atoms with Crippen LogP contribution in [-0.4, -0.2) is 5.78 Å². The molecule has 0 heterocycles. The molecule has 0 saturated carbocycles. The van der Waals surface area contributed by atoms with Gasteiger partial charge in [-0.05, 0) is 37.5 Å². The van der Waals surface area contributed by atoms with Gasteiger partial charge in [0.25, 0.3) is 0 Å². The molecule has 1 rings (SSSR count). The second-order valence-corrected chi connectivity index (χ2v) is 5.33. The van der Waals surface area contributed by atoms with E-state index in [1.54, 1.807) is 0 Å². The first kappa shape index (κ1) is 12.5. The highest BCUT2D eigenvalue weighted by Gasteiger charge is 2.34. The van der Waals surface area contributed by atoms with Crippen molar-refractivity contribution in [1.82, 2.24) is 0 Å². The molecule has 1 nitrogen and oxygen atoms in total. The average Bonchev–Trinajstić information content (AvgIpc) is 2.44. The summed E-state index contributed by atoms with van der Waals surface area (Å²) in [6.07, 6.45) is 7.33. The van der Waals surface area contributed by atoms with Crippen LogP contribution in [0.1, 0.15) is 59.8 Å². The molecule has 0 spiro atoms. The van der Waals surface area contributed by atoms with Gasteiger partial charge in [-0.3, -0.25) is 4.79 Å². The Balaban J connectivity index is 2.33. The Bertz CT molecular complexity index is 261. The second kappa shape index (κ2) is 4.96. The third kappa shape index (κ3) is 2.93. The first-order chi connectivity index (χ1) is 6.98. The minimum Gasteiger partial charge on any atom is -0.300 e. The van der Waals surface area contributed by atoms with Crippen molar-refractivity contribution in [3.05, 3.63) is 11.6 Å². The molecule has 1 atom stereocenters. The molecular weight excluding hydrogens is 184 g/mol. The maximum atomic E-state index is 11.2. The van der Waals surface area contributed by atoms with E-state index in [1.165, 1.54) is 18.4 Å². The topological polar surface area (TPSA) is 17.1 Å². The predicted molar refractivity (Wildman–Crippen MR) is 64.8 cm³/mol. The SMILES string of the molecule is CCC(=O)CCCC1CC=C(C)C1(C)C. The molecule has 1 aliphatic rings. The smallest absolute Gasteiger partial charge is 0.132 e. The summed E-state index contributed by atoms with van der Waals surface area (Å²) < 4.78 is 0. The Morgan fingerprint density at radius 2 is 2.20 bits per heavy atom. The van der Waals surface area contributed by atoms with E-state index in [0.29, 0.717) is 17.6 Å². The number of carbonyl (C=O) groups excluding carboxylic acids is 1. The Kier molecular flexibility index (Phi) is 4.12. The molecule has 0 aliphatic heterocycles. The Hall–Kier alpha value is -0.590. The molecule has 0 bridgehead atoms. The summed E-state index contributed by atoms with van der Waals surface area (Å²) in [4.78, 5) is 11.2. The molecule has 86 valence electrons. The van der Waals surface area contributed by atoms with Crippen LogP contribution in [0.5, 0.6) is 0 Å². The summed E-state index contributed by atoms with van der Waals surface area (Å²) in [7, 11) is 0. The molecule has 0 N–H and O–H groups in total. The van der Waals surface area contributed by atoms with E-state index >= 15 is 0 Å². The molecule has 1 heteroatoms. The van der Waals surface area contributed by atoms with Crippen molar-refractivity contribution in [1.29, 1.82) is 0 Å². The van der Waals surface area contributed by atoms with Gasteiger partial charge < -0.3 is 0 Å². The van der Waals surface area contributed by atoms with Crippen molar-refractivity contribution in [2.45, 2.75) is 59.8 Å². The van der Waals surface area contributed by atoms with Crippen LogP contribution in [0.15, 0.2) is 11.6 Å². The zero-order valence-electron chi connectivity index (χ0n) is 10.6. The third-order valence-corrected chi connectivity index (χ3v) is 4.15. The molecule has 0 radical (unpaired) electrons. The number of ketones is 1. The van der Waals surface area contributed by atoms with Crippen molar-refractivity contribution >= 4 is 5.78 Å². The first-order valence-corrected chi connectivity index (χ1v) is 6.17. The first-order valence-electron chi connectivity index (χ1n) is 6.17. The Labute approximate surface area is 93.9 Å². The number of Topliss-reactive ketones (excluding diaryl/α,β-unsaturated/α-hetero) is 1. The highest BCUT2D eigenvalue weighted by molar-refractivity contribution is 5.77. The van der Waals surface area contributed by atoms with Crippen molar-refractivity contribution in [2.75, 3.05) is 0 Å². The molecule has 0 saturated heterocycles. The highest BCUT2D eigenvalue weighted by Crippen LogP contribution is 2.45. The normalized spacial score (nSPS) is 24.0. The summed E-state index contributed by atoms with van der Waals surface area (Å²) in [5.74, 6) is 1.16. The van der Waals surface area contributed by atoms with Gasteiger partial charge >= 0.3 is 0 Å². The average molecular weight is 208 g/mol. The fraction of sp³-hybridized carbons (Fsp3) is 0.786. The van der Waals surface area contributed by atoms with Crippen LogP contribution in [0.2, 0.25) is 0 Å². The van der Waals surface area contributed by atoms with Crippen molar-refractivity contribution in [2.24, 2.45) is 11.3 Å². The van der Waals surface area contributed by atoms with Gasteiger partial charge in [0.1, 0.15) is 5.78 Å². The Morgan fingerprint density at radius 1 is 1.53 bits per heavy atom. The number of hydrogen-bond acceptors (Lipinski definition) is 1. The van der Waals surface area contributed by atoms with E-state index in [9.17, 15) is 4.79 Å². The minimum atomic E-state index is 0.356. The lowest BCUT2D eigenvalue weighted by atomic mass is 9.75. The molecule has 0 fully saturated rings. The predicted octanol–water partition coefficient (Wildman–Crippen LogP) is 4.13. The summed E-state index contributed by atoms with van der Waals surface area (Å²) in [5, 5.41) is 0. The van der Waals surface area contributed by atoms with E-state index in [4.69, 9.17) is 0 Å². The van der Waals surface area contributed by atoms with Crippen LogP contribution in [0, 0.1) is 11.3 Å². The van der Waals surface area contributed by atoms with Crippen LogP contribution in [0.25, 0.3) is 0 Å². The molecule has 0 amide bonds. The molecule has 1 aliphatic carbocycles. The van der Waals surface area contributed by atoms with Crippen molar-refractivity contribution < 1.29 is 4.79 Å². The van der Waals surface area contributed by atoms with Crippen LogP contribution < -0.4 is 0 Å². The van der Waals surface area contributed by atoms with Crippen molar-refractivity contribution in [3.8, 4) is 0 Å². The maximum absolute atomic E-state index is 11.2. The van der Waals surface area contributed by atoms with E-state index in [1.807, 2.05) is 6.92 Å². The van der Waals surface area contributed by atoms with Gasteiger partial charge in [-0.15, -0.1) is 0 Å². The van der Waals surface area contributed by atoms with Gasteiger partial charge in [-0.25, -0.2) is 0 Å². The van der Waals surface area contributed by atoms with E-state index in [0.717, 1.165) is 18.8 Å². The number of hydrogen-bond donors (Lipinski definition) is 0. The summed E-state index contributed by atoms with van der Waals surface area (Å²) in [6.45, 7) is 8.85. The van der Waals surface area contributed by atoms with Crippen molar-refractivity contribution in [3.63, 3.8) is 0 Å². The van der Waals surface area contributed by atoms with Crippen LogP contribution in [0.3, 0.4) is 0 Å². The molecule has 0 aromatic rings. The monoisotopic (exact) mass is 208 g/mol. The minimum absolute atomic E-state index is 0.356. The number of rotatable bonds is 5. The second-order valence-electron chi connectivity index (χ2n) is 5.33. The quantitative estimate of drug-likeness (QED) is 0.621. The third-order valence-electron chi connectivity index (χ3n) is 4.15. The molecule has 15 heavy (non-hydrogen) atoms. The standard InChI is InChI=1S/C14H24O/c1-5-13(15)8-6-7-12-10-9-11(2)14(12,3)4/h9,12H,5-8,10H2,1-4H3. The summed E-state index contributed by atoms with van der Waals surface area (Å²) >= 11 is 0. The number of carbonyl (C=O) groups is 1. The van der Waals surface area contributed by atoms with Gasteiger partial charge in [-0.1, -0.05) is 32.4 Å². The van der Waals surface area contributed by atoms with Gasteiger partial charge in [0, 0.05) is 12.8 Å². The van der Waals surface area contributed by atoms with Gasteiger partial charge in [-0.2, -0.15) is 0 Å². The fourth-order valence-corrected chi connectivity index (χ4v) is 2.40. The van der Waals surface area contributed by atoms with E-state index < -0.39 is 0 Å². The Morgan fingerprint density at radius 3 is 2.67 bits per heavy atom. The zero-order chi connectivity index (χ0) is 11.5. The van der Waals surface area contributed by atoms with Crippen LogP contribution in [-0.2, 0) is 4.79 Å². The van der Waals surface area contributed by atoms with Crippen LogP contribution in [0.4, 0.5) is 0 Å². The molecule has 1 unspecified atom stereocenters. The maximum Gasteiger partial charge on any atom is 0.132 e. The van der Waals surface area contributed by atoms with E-state index in [-0.39, 0.29) is 0 Å². The summed E-state index contributed by atoms with van der Waals surface area (Å²) in [6, 6.07) is 0. The zero-order valence-corrected chi connectivity index (χ0v) is 10.6. The van der Waals surface area contributed by atoms with Gasteiger partial charge in [0.2, 0.25) is 0 Å². The molecule has 0 aromatic heterocycles. The van der Waals surface area contributed by atoms with E-state index in [2.05, 4.69) is 26.8 Å². The van der Waals surface area contributed by atoms with Gasteiger partial charge in [0.05, 0.1) is 0 Å². The van der Waals surface area contributed by atoms with Gasteiger partial charge in [0.15, 0.2) is 0 Å². The summed E-state index contributed by atoms with van der Waals surface area (Å²) in [5.41, 5.74) is 1.88. The molecular formula is C14H24O. The largest absolute Gasteiger partial charge is 0.300 e. The highest BCUT2D eigenvalue weighted by atomic mass is 16.1. The lowest BCUT2D eigenvalue weighted by Crippen LogP contribution is -2.20. The molecule has 0 aromatic carbocycles. The lowest BCUT2D eigenvalue weighted by molar-refractivity contribution is -0.118. The van der Waals surface area contributed by atoms with Crippen LogP contribution >= 0.6 is 0 Å².